The number of hydrogen-bond donors (Lipinski definition) is 2. The van der Waals surface area contributed by atoms with E-state index in [1.165, 1.54) is 0 Å². The molecule has 0 radical (unpaired) electrons. The van der Waals surface area contributed by atoms with Gasteiger partial charge >= 0.3 is 0 Å². The van der Waals surface area contributed by atoms with Gasteiger partial charge in [0.05, 0.1) is 21.7 Å². The summed E-state index contributed by atoms with van der Waals surface area (Å²) in [5.74, 6) is -0.0247. The van der Waals surface area contributed by atoms with E-state index in [4.69, 9.17) is 23.2 Å². The lowest BCUT2D eigenvalue weighted by Gasteiger charge is -2.22. The Kier molecular flexibility index (Phi) is 4.26. The molecule has 0 spiro atoms. The van der Waals surface area contributed by atoms with E-state index in [2.05, 4.69) is 10.6 Å². The van der Waals surface area contributed by atoms with Gasteiger partial charge in [0.15, 0.2) is 0 Å². The highest BCUT2D eigenvalue weighted by molar-refractivity contribution is 6.39. The van der Waals surface area contributed by atoms with Gasteiger partial charge in [-0.15, -0.1) is 0 Å². The molecule has 1 fully saturated rings. The Morgan fingerprint density at radius 1 is 1.35 bits per heavy atom. The van der Waals surface area contributed by atoms with Crippen molar-refractivity contribution in [2.75, 3.05) is 18.4 Å². The highest BCUT2D eigenvalue weighted by Gasteiger charge is 2.22. The average Bonchev–Trinajstić information content (AvgIpc) is 2.35. The number of halogens is 2. The maximum atomic E-state index is 12.0. The fourth-order valence-corrected chi connectivity index (χ4v) is 2.41. The minimum Gasteiger partial charge on any atom is -0.323 e. The first-order chi connectivity index (χ1) is 8.18. The molecular weight excluding hydrogens is 259 g/mol. The molecule has 2 rings (SSSR count). The first kappa shape index (κ1) is 12.7. The number of benzene rings is 1. The molecule has 1 aliphatic rings. The van der Waals surface area contributed by atoms with E-state index in [9.17, 15) is 4.79 Å². The van der Waals surface area contributed by atoms with Crippen molar-refractivity contribution < 1.29 is 4.79 Å². The van der Waals surface area contributed by atoms with E-state index in [-0.39, 0.29) is 11.8 Å². The smallest absolute Gasteiger partial charge is 0.228 e. The van der Waals surface area contributed by atoms with Crippen molar-refractivity contribution in [1.29, 1.82) is 0 Å². The minimum atomic E-state index is -0.0211. The zero-order valence-electron chi connectivity index (χ0n) is 9.30. The van der Waals surface area contributed by atoms with Crippen LogP contribution in [0.2, 0.25) is 10.0 Å². The Morgan fingerprint density at radius 3 is 2.65 bits per heavy atom. The molecule has 0 aliphatic carbocycles. The van der Waals surface area contributed by atoms with Gasteiger partial charge in [-0.25, -0.2) is 0 Å². The van der Waals surface area contributed by atoms with Crippen LogP contribution in [0.3, 0.4) is 0 Å². The lowest BCUT2D eigenvalue weighted by atomic mass is 9.99. The van der Waals surface area contributed by atoms with Crippen LogP contribution in [0.1, 0.15) is 12.8 Å². The van der Waals surface area contributed by atoms with E-state index >= 15 is 0 Å². The molecule has 0 saturated carbocycles. The van der Waals surface area contributed by atoms with Crippen molar-refractivity contribution >= 4 is 34.8 Å². The number of nitrogens with one attached hydrogen (secondary N) is 2. The number of carbonyl (C=O) groups is 1. The zero-order chi connectivity index (χ0) is 12.3. The molecule has 0 aromatic heterocycles. The molecule has 92 valence electrons. The van der Waals surface area contributed by atoms with Gasteiger partial charge in [-0.3, -0.25) is 4.79 Å². The number of anilines is 1. The number of hydrogen-bond acceptors (Lipinski definition) is 2. The quantitative estimate of drug-likeness (QED) is 0.869. The number of rotatable bonds is 2. The van der Waals surface area contributed by atoms with Gasteiger partial charge in [0.2, 0.25) is 5.91 Å². The minimum absolute atomic E-state index is 0.00362. The van der Waals surface area contributed by atoms with Crippen LogP contribution in [0.5, 0.6) is 0 Å². The summed E-state index contributed by atoms with van der Waals surface area (Å²) in [4.78, 5) is 12.0. The van der Waals surface area contributed by atoms with Crippen molar-refractivity contribution in [2.24, 2.45) is 5.92 Å². The normalized spacial score (nSPS) is 20.0. The standard InChI is InChI=1S/C12H14Cl2N2O/c13-9-4-1-5-10(14)11(9)16-12(17)8-3-2-6-15-7-8/h1,4-5,8,15H,2-3,6-7H2,(H,16,17)/t8-/m0/s1. The van der Waals surface area contributed by atoms with Gasteiger partial charge in [0, 0.05) is 6.54 Å². The third kappa shape index (κ3) is 3.12. The summed E-state index contributed by atoms with van der Waals surface area (Å²) >= 11 is 12.0. The van der Waals surface area contributed by atoms with Crippen molar-refractivity contribution in [3.05, 3.63) is 28.2 Å². The van der Waals surface area contributed by atoms with Crippen LogP contribution in [0, 0.1) is 5.92 Å². The fourth-order valence-electron chi connectivity index (χ4n) is 1.92. The SMILES string of the molecule is O=C(Nc1c(Cl)cccc1Cl)[C@H]1CCCNC1. The molecule has 0 unspecified atom stereocenters. The summed E-state index contributed by atoms with van der Waals surface area (Å²) in [6.45, 7) is 1.70. The fraction of sp³-hybridized carbons (Fsp3) is 0.417. The average molecular weight is 273 g/mol. The summed E-state index contributed by atoms with van der Waals surface area (Å²) in [5, 5.41) is 6.94. The second-order valence-corrected chi connectivity index (χ2v) is 4.94. The molecule has 1 saturated heterocycles. The van der Waals surface area contributed by atoms with Gasteiger partial charge < -0.3 is 10.6 Å². The van der Waals surface area contributed by atoms with Crippen LogP contribution in [-0.2, 0) is 4.79 Å². The van der Waals surface area contributed by atoms with Gasteiger partial charge in [0.1, 0.15) is 0 Å². The second-order valence-electron chi connectivity index (χ2n) is 4.13. The Hall–Kier alpha value is -0.770. The van der Waals surface area contributed by atoms with Crippen LogP contribution >= 0.6 is 23.2 Å². The van der Waals surface area contributed by atoms with Gasteiger partial charge in [-0.2, -0.15) is 0 Å². The molecule has 1 atom stereocenters. The van der Waals surface area contributed by atoms with Gasteiger partial charge in [-0.05, 0) is 31.5 Å². The van der Waals surface area contributed by atoms with Crippen LogP contribution < -0.4 is 10.6 Å². The zero-order valence-corrected chi connectivity index (χ0v) is 10.8. The maximum absolute atomic E-state index is 12.0. The van der Waals surface area contributed by atoms with E-state index in [0.717, 1.165) is 19.4 Å². The van der Waals surface area contributed by atoms with Crippen molar-refractivity contribution in [3.8, 4) is 0 Å². The molecule has 17 heavy (non-hydrogen) atoms. The summed E-state index contributed by atoms with van der Waals surface area (Å²) in [6.07, 6.45) is 1.93. The monoisotopic (exact) mass is 272 g/mol. The van der Waals surface area contributed by atoms with Crippen LogP contribution in [0.25, 0.3) is 0 Å². The Morgan fingerprint density at radius 2 is 2.06 bits per heavy atom. The molecule has 2 N–H and O–H groups in total. The number of piperidine rings is 1. The van der Waals surface area contributed by atoms with Crippen LogP contribution in [-0.4, -0.2) is 19.0 Å². The lowest BCUT2D eigenvalue weighted by molar-refractivity contribution is -0.120. The molecule has 1 aliphatic heterocycles. The Labute approximate surface area is 110 Å². The van der Waals surface area contributed by atoms with Gasteiger partial charge in [-0.1, -0.05) is 29.3 Å². The lowest BCUT2D eigenvalue weighted by Crippen LogP contribution is -2.37. The van der Waals surface area contributed by atoms with Crippen molar-refractivity contribution in [1.82, 2.24) is 5.32 Å². The predicted octanol–water partition coefficient (Wildman–Crippen LogP) is 2.93. The van der Waals surface area contributed by atoms with Crippen molar-refractivity contribution in [2.45, 2.75) is 12.8 Å². The third-order valence-corrected chi connectivity index (χ3v) is 3.51. The highest BCUT2D eigenvalue weighted by Crippen LogP contribution is 2.30. The molecule has 5 heteroatoms. The molecule has 1 amide bonds. The van der Waals surface area contributed by atoms with E-state index in [1.54, 1.807) is 18.2 Å². The summed E-state index contributed by atoms with van der Waals surface area (Å²) in [5.41, 5.74) is 0.506. The largest absolute Gasteiger partial charge is 0.323 e. The highest BCUT2D eigenvalue weighted by atomic mass is 35.5. The Bertz CT molecular complexity index is 397. The second kappa shape index (κ2) is 5.71. The van der Waals surface area contributed by atoms with Crippen LogP contribution in [0.4, 0.5) is 5.69 Å². The third-order valence-electron chi connectivity index (χ3n) is 2.88. The molecule has 1 aromatic carbocycles. The van der Waals surface area contributed by atoms with E-state index in [0.29, 0.717) is 22.3 Å². The number of amides is 1. The van der Waals surface area contributed by atoms with E-state index in [1.807, 2.05) is 0 Å². The van der Waals surface area contributed by atoms with Crippen LogP contribution in [0.15, 0.2) is 18.2 Å². The first-order valence-electron chi connectivity index (χ1n) is 5.64. The molecule has 0 bridgehead atoms. The number of carbonyl (C=O) groups excluding carboxylic acids is 1. The molecule has 1 aromatic rings. The molecule has 3 nitrogen and oxygen atoms in total. The molecule has 1 heterocycles. The predicted molar refractivity (Wildman–Crippen MR) is 70.7 cm³/mol. The summed E-state index contributed by atoms with van der Waals surface area (Å²) in [7, 11) is 0. The summed E-state index contributed by atoms with van der Waals surface area (Å²) in [6, 6.07) is 5.17. The summed E-state index contributed by atoms with van der Waals surface area (Å²) < 4.78 is 0. The number of para-hydroxylation sites is 1. The molecular formula is C12H14Cl2N2O. The Balaban J connectivity index is 2.07. The topological polar surface area (TPSA) is 41.1 Å². The maximum Gasteiger partial charge on any atom is 0.228 e. The van der Waals surface area contributed by atoms with Gasteiger partial charge in [0.25, 0.3) is 0 Å². The first-order valence-corrected chi connectivity index (χ1v) is 6.39. The van der Waals surface area contributed by atoms with E-state index < -0.39 is 0 Å². The van der Waals surface area contributed by atoms with Crippen molar-refractivity contribution in [3.63, 3.8) is 0 Å².